The molecular weight excluding hydrogens is 228 g/mol. The Balaban J connectivity index is 2.44. The number of aliphatic hydroxyl groups is 4. The fourth-order valence-corrected chi connectivity index (χ4v) is 1.63. The highest BCUT2D eigenvalue weighted by atomic mass is 16.7. The van der Waals surface area contributed by atoms with E-state index in [4.69, 9.17) is 14.6 Å². The molecule has 0 saturated carbocycles. The van der Waals surface area contributed by atoms with Gasteiger partial charge in [0.25, 0.3) is 0 Å². The molecule has 0 aromatic rings. The normalized spacial score (nSPS) is 38.0. The van der Waals surface area contributed by atoms with Gasteiger partial charge in [-0.3, -0.25) is 0 Å². The zero-order valence-corrected chi connectivity index (χ0v) is 9.60. The number of hydrogen-bond acceptors (Lipinski definition) is 6. The number of hydrogen-bond donors (Lipinski definition) is 4. The van der Waals surface area contributed by atoms with E-state index in [9.17, 15) is 15.3 Å². The topological polar surface area (TPSA) is 99.4 Å². The average Bonchev–Trinajstić information content (AvgIpc) is 2.34. The number of rotatable bonds is 6. The predicted molar refractivity (Wildman–Crippen MR) is 59.2 cm³/mol. The largest absolute Gasteiger partial charge is 0.394 e. The molecule has 1 aliphatic heterocycles. The Hall–Kier alpha value is -0.500. The summed E-state index contributed by atoms with van der Waals surface area (Å²) in [5, 5.41) is 37.6. The molecule has 5 atom stereocenters. The molecule has 1 heterocycles. The Morgan fingerprint density at radius 3 is 2.47 bits per heavy atom. The summed E-state index contributed by atoms with van der Waals surface area (Å²) in [5.74, 6) is 0. The van der Waals surface area contributed by atoms with Crippen LogP contribution in [-0.2, 0) is 9.47 Å². The van der Waals surface area contributed by atoms with E-state index in [-0.39, 0.29) is 0 Å². The first-order chi connectivity index (χ1) is 8.11. The molecule has 100 valence electrons. The minimum Gasteiger partial charge on any atom is -0.394 e. The minimum absolute atomic E-state index is 0.342. The first kappa shape index (κ1) is 14.6. The lowest BCUT2D eigenvalue weighted by Crippen LogP contribution is -2.59. The lowest BCUT2D eigenvalue weighted by Gasteiger charge is -2.39. The van der Waals surface area contributed by atoms with Crippen molar-refractivity contribution in [1.29, 1.82) is 0 Å². The number of ether oxygens (including phenoxy) is 2. The molecule has 0 aromatic heterocycles. The second kappa shape index (κ2) is 7.05. The van der Waals surface area contributed by atoms with Crippen molar-refractivity contribution in [2.45, 2.75) is 43.5 Å². The zero-order chi connectivity index (χ0) is 12.8. The molecule has 4 N–H and O–H groups in total. The molecule has 1 aliphatic rings. The highest BCUT2D eigenvalue weighted by molar-refractivity contribution is 4.88. The summed E-state index contributed by atoms with van der Waals surface area (Å²) in [5.41, 5.74) is 0. The van der Waals surface area contributed by atoms with Crippen LogP contribution >= 0.6 is 0 Å². The SMILES string of the molecule is C=CCCCO[C@H]1O[C@H](CO)[C@H](O)[C@H](O)[C@H]1O. The zero-order valence-electron chi connectivity index (χ0n) is 9.60. The van der Waals surface area contributed by atoms with E-state index in [0.717, 1.165) is 12.8 Å². The summed E-state index contributed by atoms with van der Waals surface area (Å²) in [4.78, 5) is 0. The molecule has 1 fully saturated rings. The molecule has 0 aliphatic carbocycles. The summed E-state index contributed by atoms with van der Waals surface area (Å²) >= 11 is 0. The summed E-state index contributed by atoms with van der Waals surface area (Å²) in [6.07, 6.45) is -2.76. The molecule has 6 nitrogen and oxygen atoms in total. The first-order valence-corrected chi connectivity index (χ1v) is 5.64. The molecule has 17 heavy (non-hydrogen) atoms. The van der Waals surface area contributed by atoms with Gasteiger partial charge in [0.05, 0.1) is 13.2 Å². The third-order valence-electron chi connectivity index (χ3n) is 2.68. The van der Waals surface area contributed by atoms with Crippen molar-refractivity contribution in [3.8, 4) is 0 Å². The highest BCUT2D eigenvalue weighted by Crippen LogP contribution is 2.21. The van der Waals surface area contributed by atoms with E-state index in [1.54, 1.807) is 6.08 Å². The van der Waals surface area contributed by atoms with Crippen LogP contribution in [0.15, 0.2) is 12.7 Å². The van der Waals surface area contributed by atoms with Crippen LogP contribution in [0.3, 0.4) is 0 Å². The van der Waals surface area contributed by atoms with Crippen LogP contribution in [0.5, 0.6) is 0 Å². The van der Waals surface area contributed by atoms with Crippen LogP contribution in [0.2, 0.25) is 0 Å². The van der Waals surface area contributed by atoms with Gasteiger partial charge >= 0.3 is 0 Å². The quantitative estimate of drug-likeness (QED) is 0.347. The fourth-order valence-electron chi connectivity index (χ4n) is 1.63. The van der Waals surface area contributed by atoms with Crippen LogP contribution in [0.1, 0.15) is 12.8 Å². The lowest BCUT2D eigenvalue weighted by molar-refractivity contribution is -0.301. The maximum Gasteiger partial charge on any atom is 0.186 e. The Labute approximate surface area is 100 Å². The molecule has 0 amide bonds. The van der Waals surface area contributed by atoms with Crippen molar-refractivity contribution in [3.05, 3.63) is 12.7 Å². The number of unbranched alkanes of at least 4 members (excludes halogenated alkanes) is 1. The van der Waals surface area contributed by atoms with Crippen LogP contribution in [0.4, 0.5) is 0 Å². The van der Waals surface area contributed by atoms with Gasteiger partial charge in [0.15, 0.2) is 6.29 Å². The van der Waals surface area contributed by atoms with Gasteiger partial charge in [0.1, 0.15) is 24.4 Å². The van der Waals surface area contributed by atoms with Gasteiger partial charge in [-0.05, 0) is 12.8 Å². The van der Waals surface area contributed by atoms with Crippen LogP contribution < -0.4 is 0 Å². The van der Waals surface area contributed by atoms with Crippen LogP contribution in [0.25, 0.3) is 0 Å². The highest BCUT2D eigenvalue weighted by Gasteiger charge is 2.43. The Bertz CT molecular complexity index is 232. The average molecular weight is 248 g/mol. The van der Waals surface area contributed by atoms with E-state index < -0.39 is 37.3 Å². The van der Waals surface area contributed by atoms with Crippen molar-refractivity contribution in [2.24, 2.45) is 0 Å². The molecule has 0 spiro atoms. The van der Waals surface area contributed by atoms with Gasteiger partial charge in [-0.2, -0.15) is 0 Å². The summed E-state index contributed by atoms with van der Waals surface area (Å²) in [6.45, 7) is 3.46. The van der Waals surface area contributed by atoms with Crippen molar-refractivity contribution >= 4 is 0 Å². The summed E-state index contributed by atoms with van der Waals surface area (Å²) < 4.78 is 10.4. The van der Waals surface area contributed by atoms with Crippen molar-refractivity contribution in [1.82, 2.24) is 0 Å². The third kappa shape index (κ3) is 3.74. The molecule has 1 saturated heterocycles. The van der Waals surface area contributed by atoms with Gasteiger partial charge in [-0.15, -0.1) is 6.58 Å². The van der Waals surface area contributed by atoms with Gasteiger partial charge < -0.3 is 29.9 Å². The molecule has 0 unspecified atom stereocenters. The van der Waals surface area contributed by atoms with Gasteiger partial charge in [0.2, 0.25) is 0 Å². The predicted octanol–water partition coefficient (Wildman–Crippen LogP) is -1.23. The number of aliphatic hydroxyl groups excluding tert-OH is 4. The van der Waals surface area contributed by atoms with Gasteiger partial charge in [-0.25, -0.2) is 0 Å². The maximum absolute atomic E-state index is 9.62. The lowest BCUT2D eigenvalue weighted by atomic mass is 9.99. The smallest absolute Gasteiger partial charge is 0.186 e. The van der Waals surface area contributed by atoms with E-state index >= 15 is 0 Å². The monoisotopic (exact) mass is 248 g/mol. The molecule has 0 bridgehead atoms. The molecule has 6 heteroatoms. The van der Waals surface area contributed by atoms with E-state index in [2.05, 4.69) is 6.58 Å². The first-order valence-electron chi connectivity index (χ1n) is 5.64. The van der Waals surface area contributed by atoms with Crippen LogP contribution in [-0.4, -0.2) is 64.3 Å². The van der Waals surface area contributed by atoms with Crippen molar-refractivity contribution < 1.29 is 29.9 Å². The maximum atomic E-state index is 9.62. The minimum atomic E-state index is -1.38. The van der Waals surface area contributed by atoms with Crippen molar-refractivity contribution in [3.63, 3.8) is 0 Å². The molecular formula is C11H20O6. The van der Waals surface area contributed by atoms with E-state index in [0.29, 0.717) is 6.61 Å². The van der Waals surface area contributed by atoms with E-state index in [1.165, 1.54) is 0 Å². The second-order valence-corrected chi connectivity index (χ2v) is 4.00. The van der Waals surface area contributed by atoms with E-state index in [1.807, 2.05) is 0 Å². The van der Waals surface area contributed by atoms with Crippen molar-refractivity contribution in [2.75, 3.05) is 13.2 Å². The molecule has 0 aromatic carbocycles. The fraction of sp³-hybridized carbons (Fsp3) is 0.818. The summed E-state index contributed by atoms with van der Waals surface area (Å²) in [6, 6.07) is 0. The Morgan fingerprint density at radius 1 is 1.18 bits per heavy atom. The molecule has 1 rings (SSSR count). The Kier molecular flexibility index (Phi) is 6.04. The summed E-state index contributed by atoms with van der Waals surface area (Å²) in [7, 11) is 0. The molecule has 0 radical (unpaired) electrons. The second-order valence-electron chi connectivity index (χ2n) is 4.00. The van der Waals surface area contributed by atoms with Gasteiger partial charge in [-0.1, -0.05) is 6.08 Å². The standard InChI is InChI=1S/C11H20O6/c1-2-3-4-5-16-11-10(15)9(14)8(13)7(6-12)17-11/h2,7-15H,1,3-6H2/t7-,8+,9+,10-,11+/m1/s1. The van der Waals surface area contributed by atoms with Gasteiger partial charge in [0, 0.05) is 0 Å². The van der Waals surface area contributed by atoms with Crippen LogP contribution in [0, 0.1) is 0 Å². The number of allylic oxidation sites excluding steroid dienone is 1. The Morgan fingerprint density at radius 2 is 1.88 bits per heavy atom. The third-order valence-corrected chi connectivity index (χ3v) is 2.68.